The highest BCUT2D eigenvalue weighted by Gasteiger charge is 2.09. The summed E-state index contributed by atoms with van der Waals surface area (Å²) in [6.45, 7) is 0. The maximum atomic E-state index is 13.1. The van der Waals surface area contributed by atoms with Crippen LogP contribution in [0.15, 0.2) is 46.9 Å². The van der Waals surface area contributed by atoms with Gasteiger partial charge in [-0.25, -0.2) is 4.39 Å². The van der Waals surface area contributed by atoms with Gasteiger partial charge in [0.15, 0.2) is 0 Å². The molecule has 0 heterocycles. The molecular formula is C13H10BrFN2O. The molecule has 0 saturated heterocycles. The van der Waals surface area contributed by atoms with Crippen LogP contribution in [-0.4, -0.2) is 5.84 Å². The molecule has 0 bridgehead atoms. The van der Waals surface area contributed by atoms with E-state index in [4.69, 9.17) is 15.9 Å². The van der Waals surface area contributed by atoms with Gasteiger partial charge >= 0.3 is 0 Å². The molecule has 0 fully saturated rings. The second-order valence-electron chi connectivity index (χ2n) is 3.61. The van der Waals surface area contributed by atoms with Crippen LogP contribution in [0.2, 0.25) is 0 Å². The van der Waals surface area contributed by atoms with Crippen molar-refractivity contribution in [3.05, 3.63) is 58.3 Å². The lowest BCUT2D eigenvalue weighted by molar-refractivity contribution is 0.479. The fourth-order valence-corrected chi connectivity index (χ4v) is 1.84. The molecule has 5 heteroatoms. The molecule has 2 aromatic carbocycles. The highest BCUT2D eigenvalue weighted by Crippen LogP contribution is 2.27. The summed E-state index contributed by atoms with van der Waals surface area (Å²) in [5.74, 6) is 0.238. The van der Waals surface area contributed by atoms with E-state index >= 15 is 0 Å². The summed E-state index contributed by atoms with van der Waals surface area (Å²) >= 11 is 3.33. The quantitative estimate of drug-likeness (QED) is 0.671. The third kappa shape index (κ3) is 2.87. The molecule has 3 nitrogen and oxygen atoms in total. The fourth-order valence-electron chi connectivity index (χ4n) is 1.46. The Morgan fingerprint density at radius 3 is 2.67 bits per heavy atom. The fraction of sp³-hybridized carbons (Fsp3) is 0. The van der Waals surface area contributed by atoms with Crippen LogP contribution < -0.4 is 10.5 Å². The number of benzene rings is 2. The van der Waals surface area contributed by atoms with Gasteiger partial charge in [-0.15, -0.1) is 0 Å². The molecule has 0 unspecified atom stereocenters. The maximum absolute atomic E-state index is 13.1. The van der Waals surface area contributed by atoms with Crippen molar-refractivity contribution in [3.8, 4) is 11.5 Å². The first-order chi connectivity index (χ1) is 8.56. The number of nitrogen functional groups attached to an aromatic ring is 1. The van der Waals surface area contributed by atoms with E-state index in [2.05, 4.69) is 15.9 Å². The molecule has 0 aliphatic carbocycles. The summed E-state index contributed by atoms with van der Waals surface area (Å²) in [5.41, 5.74) is 5.63. The van der Waals surface area contributed by atoms with E-state index in [0.29, 0.717) is 11.5 Å². The van der Waals surface area contributed by atoms with Crippen molar-refractivity contribution in [2.45, 2.75) is 0 Å². The van der Waals surface area contributed by atoms with Crippen molar-refractivity contribution in [2.75, 3.05) is 0 Å². The van der Waals surface area contributed by atoms with Gasteiger partial charge in [-0.05, 0) is 36.4 Å². The standard InChI is InChI=1S/C13H10BrFN2O/c14-8-2-1-3-10(6-8)18-12-5-4-9(15)7-11(12)13(16)17/h1-7H,(H3,16,17). The van der Waals surface area contributed by atoms with Gasteiger partial charge in [-0.1, -0.05) is 22.0 Å². The number of hydrogen-bond donors (Lipinski definition) is 2. The Balaban J connectivity index is 2.37. The molecule has 0 aliphatic heterocycles. The number of hydrogen-bond acceptors (Lipinski definition) is 2. The Labute approximate surface area is 112 Å². The normalized spacial score (nSPS) is 10.1. The van der Waals surface area contributed by atoms with Gasteiger partial charge in [-0.3, -0.25) is 5.41 Å². The molecule has 18 heavy (non-hydrogen) atoms. The van der Waals surface area contributed by atoms with Crippen LogP contribution in [0.4, 0.5) is 4.39 Å². The smallest absolute Gasteiger partial charge is 0.138 e. The highest BCUT2D eigenvalue weighted by molar-refractivity contribution is 9.10. The summed E-state index contributed by atoms with van der Waals surface area (Å²) in [6, 6.07) is 11.1. The first-order valence-electron chi connectivity index (χ1n) is 5.13. The van der Waals surface area contributed by atoms with Crippen LogP contribution in [0.25, 0.3) is 0 Å². The zero-order chi connectivity index (χ0) is 13.1. The predicted molar refractivity (Wildman–Crippen MR) is 71.6 cm³/mol. The van der Waals surface area contributed by atoms with Crippen molar-refractivity contribution in [1.82, 2.24) is 0 Å². The van der Waals surface area contributed by atoms with Gasteiger partial charge in [0, 0.05) is 4.47 Å². The Morgan fingerprint density at radius 2 is 2.00 bits per heavy atom. The Kier molecular flexibility index (Phi) is 3.62. The van der Waals surface area contributed by atoms with Gasteiger partial charge in [0.2, 0.25) is 0 Å². The van der Waals surface area contributed by atoms with E-state index in [1.54, 1.807) is 12.1 Å². The SMILES string of the molecule is N=C(N)c1cc(F)ccc1Oc1cccc(Br)c1. The molecule has 0 aromatic heterocycles. The summed E-state index contributed by atoms with van der Waals surface area (Å²) in [4.78, 5) is 0. The number of amidine groups is 1. The van der Waals surface area contributed by atoms with Crippen LogP contribution in [-0.2, 0) is 0 Å². The molecule has 0 aliphatic rings. The molecule has 92 valence electrons. The van der Waals surface area contributed by atoms with Crippen LogP contribution in [0.5, 0.6) is 11.5 Å². The molecule has 2 aromatic rings. The first-order valence-corrected chi connectivity index (χ1v) is 5.93. The zero-order valence-electron chi connectivity index (χ0n) is 9.28. The van der Waals surface area contributed by atoms with Crippen LogP contribution >= 0.6 is 15.9 Å². The van der Waals surface area contributed by atoms with Crippen molar-refractivity contribution in [3.63, 3.8) is 0 Å². The molecule has 2 rings (SSSR count). The predicted octanol–water partition coefficient (Wildman–Crippen LogP) is 3.66. The van der Waals surface area contributed by atoms with Gasteiger partial charge in [0.25, 0.3) is 0 Å². The third-order valence-corrected chi connectivity index (χ3v) is 2.75. The number of halogens is 2. The van der Waals surface area contributed by atoms with E-state index < -0.39 is 5.82 Å². The minimum Gasteiger partial charge on any atom is -0.457 e. The number of nitrogens with two attached hydrogens (primary N) is 1. The molecule has 0 radical (unpaired) electrons. The Bertz CT molecular complexity index is 601. The number of ether oxygens (including phenoxy) is 1. The van der Waals surface area contributed by atoms with Crippen molar-refractivity contribution >= 4 is 21.8 Å². The van der Waals surface area contributed by atoms with Gasteiger partial charge < -0.3 is 10.5 Å². The summed E-state index contributed by atoms with van der Waals surface area (Å²) in [5, 5.41) is 7.40. The maximum Gasteiger partial charge on any atom is 0.138 e. The average Bonchev–Trinajstić information content (AvgIpc) is 2.31. The Hall–Kier alpha value is -1.88. The topological polar surface area (TPSA) is 59.1 Å². The second-order valence-corrected chi connectivity index (χ2v) is 4.53. The van der Waals surface area contributed by atoms with Crippen LogP contribution in [0.1, 0.15) is 5.56 Å². The third-order valence-electron chi connectivity index (χ3n) is 2.26. The lowest BCUT2D eigenvalue weighted by Crippen LogP contribution is -2.12. The van der Waals surface area contributed by atoms with E-state index in [9.17, 15) is 4.39 Å². The average molecular weight is 309 g/mol. The highest BCUT2D eigenvalue weighted by atomic mass is 79.9. The second kappa shape index (κ2) is 5.18. The van der Waals surface area contributed by atoms with E-state index in [-0.39, 0.29) is 11.4 Å². The number of rotatable bonds is 3. The summed E-state index contributed by atoms with van der Waals surface area (Å²) in [6.07, 6.45) is 0. The van der Waals surface area contributed by atoms with E-state index in [0.717, 1.165) is 4.47 Å². The molecular weight excluding hydrogens is 299 g/mol. The lowest BCUT2D eigenvalue weighted by atomic mass is 10.2. The first kappa shape index (κ1) is 12.6. The molecule has 0 atom stereocenters. The van der Waals surface area contributed by atoms with Crippen molar-refractivity contribution in [1.29, 1.82) is 5.41 Å². The molecule has 0 amide bonds. The number of nitrogens with one attached hydrogen (secondary N) is 1. The largest absolute Gasteiger partial charge is 0.457 e. The minimum atomic E-state index is -0.457. The Morgan fingerprint density at radius 1 is 1.22 bits per heavy atom. The van der Waals surface area contributed by atoms with Crippen molar-refractivity contribution in [2.24, 2.45) is 5.73 Å². The lowest BCUT2D eigenvalue weighted by Gasteiger charge is -2.10. The van der Waals surface area contributed by atoms with Crippen molar-refractivity contribution < 1.29 is 9.13 Å². The molecule has 0 spiro atoms. The van der Waals surface area contributed by atoms with Gasteiger partial charge in [-0.2, -0.15) is 0 Å². The van der Waals surface area contributed by atoms with Gasteiger partial charge in [0.05, 0.1) is 5.56 Å². The molecule has 3 N–H and O–H groups in total. The summed E-state index contributed by atoms with van der Waals surface area (Å²) < 4.78 is 19.6. The van der Waals surface area contributed by atoms with Crippen LogP contribution in [0.3, 0.4) is 0 Å². The van der Waals surface area contributed by atoms with E-state index in [1.165, 1.54) is 18.2 Å². The minimum absolute atomic E-state index is 0.231. The molecule has 0 saturated carbocycles. The van der Waals surface area contributed by atoms with E-state index in [1.807, 2.05) is 12.1 Å². The zero-order valence-corrected chi connectivity index (χ0v) is 10.9. The monoisotopic (exact) mass is 308 g/mol. The van der Waals surface area contributed by atoms with Crippen LogP contribution in [0, 0.1) is 11.2 Å². The summed E-state index contributed by atoms with van der Waals surface area (Å²) in [7, 11) is 0. The van der Waals surface area contributed by atoms with Gasteiger partial charge in [0.1, 0.15) is 23.2 Å².